The minimum atomic E-state index is 0.339. The van der Waals surface area contributed by atoms with Crippen LogP contribution in [0.3, 0.4) is 0 Å². The summed E-state index contributed by atoms with van der Waals surface area (Å²) in [5.41, 5.74) is 4.45. The molecule has 0 atom stereocenters. The lowest BCUT2D eigenvalue weighted by Gasteiger charge is -2.12. The summed E-state index contributed by atoms with van der Waals surface area (Å²) in [4.78, 5) is 0. The van der Waals surface area contributed by atoms with Crippen molar-refractivity contribution in [3.63, 3.8) is 0 Å². The number of thiocarbonyl (C=S) groups is 1. The molecule has 0 saturated carbocycles. The van der Waals surface area contributed by atoms with Gasteiger partial charge in [-0.3, -0.25) is 5.43 Å². The number of ether oxygens (including phenoxy) is 2. The second-order valence-electron chi connectivity index (χ2n) is 5.32. The van der Waals surface area contributed by atoms with Crippen LogP contribution in [0.25, 0.3) is 0 Å². The molecule has 0 aliphatic carbocycles. The Bertz CT molecular complexity index is 844. The molecule has 8 heteroatoms. The molecule has 0 radical (unpaired) electrons. The van der Waals surface area contributed by atoms with Crippen molar-refractivity contribution in [2.45, 2.75) is 6.61 Å². The highest BCUT2D eigenvalue weighted by Crippen LogP contribution is 2.29. The molecule has 142 valence electrons. The number of hydrogen-bond acceptors (Lipinski definition) is 4. The van der Waals surface area contributed by atoms with Gasteiger partial charge in [0.25, 0.3) is 0 Å². The van der Waals surface area contributed by atoms with E-state index in [4.69, 9.17) is 44.9 Å². The zero-order valence-corrected chi connectivity index (χ0v) is 17.0. The smallest absolute Gasteiger partial charge is 0.187 e. The molecule has 2 aromatic rings. The topological polar surface area (TPSA) is 54.9 Å². The highest BCUT2D eigenvalue weighted by atomic mass is 35.5. The van der Waals surface area contributed by atoms with Crippen molar-refractivity contribution in [3.8, 4) is 11.5 Å². The van der Waals surface area contributed by atoms with Crippen LogP contribution in [0.2, 0.25) is 10.0 Å². The molecule has 0 saturated heterocycles. The third-order valence-electron chi connectivity index (χ3n) is 3.35. The maximum atomic E-state index is 6.02. The molecule has 0 unspecified atom stereocenters. The fraction of sp³-hybridized carbons (Fsp3) is 0.158. The predicted molar refractivity (Wildman–Crippen MR) is 115 cm³/mol. The molecule has 2 aromatic carbocycles. The molecule has 0 aliphatic heterocycles. The van der Waals surface area contributed by atoms with Gasteiger partial charge in [0, 0.05) is 6.54 Å². The predicted octanol–water partition coefficient (Wildman–Crippen LogP) is 4.57. The average Bonchev–Trinajstić information content (AvgIpc) is 2.67. The summed E-state index contributed by atoms with van der Waals surface area (Å²) < 4.78 is 11.2. The van der Waals surface area contributed by atoms with Gasteiger partial charge in [-0.15, -0.1) is 6.58 Å². The Morgan fingerprint density at radius 2 is 2.00 bits per heavy atom. The number of halogens is 2. The number of nitrogens with one attached hydrogen (secondary N) is 2. The van der Waals surface area contributed by atoms with Crippen LogP contribution in [0, 0.1) is 0 Å². The van der Waals surface area contributed by atoms with E-state index in [1.807, 2.05) is 24.3 Å². The summed E-state index contributed by atoms with van der Waals surface area (Å²) in [7, 11) is 1.58. The second-order valence-corrected chi connectivity index (χ2v) is 6.54. The van der Waals surface area contributed by atoms with E-state index in [0.29, 0.717) is 39.8 Å². The van der Waals surface area contributed by atoms with Crippen molar-refractivity contribution in [1.82, 2.24) is 10.7 Å². The van der Waals surface area contributed by atoms with E-state index in [0.717, 1.165) is 11.1 Å². The molecule has 2 rings (SSSR count). The first-order valence-electron chi connectivity index (χ1n) is 7.96. The molecule has 0 heterocycles. The molecular formula is C19H19Cl2N3O2S. The van der Waals surface area contributed by atoms with Crippen LogP contribution in [0.4, 0.5) is 0 Å². The normalized spacial score (nSPS) is 10.5. The van der Waals surface area contributed by atoms with E-state index in [1.165, 1.54) is 0 Å². The lowest BCUT2D eigenvalue weighted by atomic mass is 10.2. The Balaban J connectivity index is 1.99. The van der Waals surface area contributed by atoms with Gasteiger partial charge in [-0.2, -0.15) is 5.10 Å². The molecule has 5 nitrogen and oxygen atoms in total. The van der Waals surface area contributed by atoms with E-state index >= 15 is 0 Å². The zero-order chi connectivity index (χ0) is 19.6. The first kappa shape index (κ1) is 21.0. The van der Waals surface area contributed by atoms with Gasteiger partial charge in [0.2, 0.25) is 0 Å². The van der Waals surface area contributed by atoms with Crippen molar-refractivity contribution in [2.24, 2.45) is 5.10 Å². The quantitative estimate of drug-likeness (QED) is 0.282. The van der Waals surface area contributed by atoms with Crippen LogP contribution >= 0.6 is 35.4 Å². The SMILES string of the molecule is C=CCNC(=S)NN=Cc1ccc(OCc2ccc(Cl)c(Cl)c2)c(OC)c1. The van der Waals surface area contributed by atoms with E-state index in [-0.39, 0.29) is 0 Å². The lowest BCUT2D eigenvalue weighted by molar-refractivity contribution is 0.284. The van der Waals surface area contributed by atoms with Crippen LogP contribution in [0.1, 0.15) is 11.1 Å². The van der Waals surface area contributed by atoms with E-state index < -0.39 is 0 Å². The zero-order valence-electron chi connectivity index (χ0n) is 14.7. The van der Waals surface area contributed by atoms with Gasteiger partial charge in [-0.1, -0.05) is 35.3 Å². The van der Waals surface area contributed by atoms with Gasteiger partial charge in [-0.05, 0) is 53.7 Å². The Hall–Kier alpha value is -2.28. The van der Waals surface area contributed by atoms with Crippen LogP contribution in [-0.4, -0.2) is 25.0 Å². The molecule has 2 N–H and O–H groups in total. The highest BCUT2D eigenvalue weighted by Gasteiger charge is 2.07. The number of hydrazone groups is 1. The second kappa shape index (κ2) is 10.8. The van der Waals surface area contributed by atoms with Gasteiger partial charge in [0.1, 0.15) is 6.61 Å². The van der Waals surface area contributed by atoms with Gasteiger partial charge in [0.15, 0.2) is 16.6 Å². The van der Waals surface area contributed by atoms with Gasteiger partial charge >= 0.3 is 0 Å². The van der Waals surface area contributed by atoms with Crippen LogP contribution in [0.5, 0.6) is 11.5 Å². The number of rotatable bonds is 8. The van der Waals surface area contributed by atoms with Crippen molar-refractivity contribution >= 4 is 46.7 Å². The highest BCUT2D eigenvalue weighted by molar-refractivity contribution is 7.80. The minimum absolute atomic E-state index is 0.339. The third kappa shape index (κ3) is 6.75. The van der Waals surface area contributed by atoms with Crippen LogP contribution in [-0.2, 0) is 6.61 Å². The van der Waals surface area contributed by atoms with Crippen molar-refractivity contribution in [3.05, 3.63) is 70.2 Å². The number of benzene rings is 2. The molecule has 0 spiro atoms. The number of methoxy groups -OCH3 is 1. The third-order valence-corrected chi connectivity index (χ3v) is 4.33. The van der Waals surface area contributed by atoms with E-state index in [2.05, 4.69) is 22.4 Å². The van der Waals surface area contributed by atoms with Crippen molar-refractivity contribution in [1.29, 1.82) is 0 Å². The molecule has 0 aromatic heterocycles. The standard InChI is InChI=1S/C19H19Cl2N3O2S/c1-3-8-22-19(27)24-23-11-13-5-7-17(18(10-13)25-2)26-12-14-4-6-15(20)16(21)9-14/h3-7,9-11H,1,8,12H2,2H3,(H2,22,24,27). The summed E-state index contributed by atoms with van der Waals surface area (Å²) in [6.45, 7) is 4.51. The molecule has 27 heavy (non-hydrogen) atoms. The molecule has 0 fully saturated rings. The van der Waals surface area contributed by atoms with Crippen LogP contribution in [0.15, 0.2) is 54.2 Å². The van der Waals surface area contributed by atoms with Crippen LogP contribution < -0.4 is 20.2 Å². The molecule has 0 amide bonds. The maximum absolute atomic E-state index is 6.02. The summed E-state index contributed by atoms with van der Waals surface area (Å²) in [6, 6.07) is 10.9. The van der Waals surface area contributed by atoms with E-state index in [9.17, 15) is 0 Å². The van der Waals surface area contributed by atoms with Crippen molar-refractivity contribution < 1.29 is 9.47 Å². The Kier molecular flexibility index (Phi) is 8.39. The molecule has 0 bridgehead atoms. The van der Waals surface area contributed by atoms with E-state index in [1.54, 1.807) is 31.5 Å². The number of hydrogen-bond donors (Lipinski definition) is 2. The lowest BCUT2D eigenvalue weighted by Crippen LogP contribution is -2.31. The van der Waals surface area contributed by atoms with Gasteiger partial charge in [-0.25, -0.2) is 0 Å². The van der Waals surface area contributed by atoms with Gasteiger partial charge in [0.05, 0.1) is 23.4 Å². The monoisotopic (exact) mass is 423 g/mol. The minimum Gasteiger partial charge on any atom is -0.493 e. The summed E-state index contributed by atoms with van der Waals surface area (Å²) in [6.07, 6.45) is 3.34. The largest absolute Gasteiger partial charge is 0.493 e. The Labute approximate surface area is 174 Å². The Morgan fingerprint density at radius 3 is 2.70 bits per heavy atom. The first-order chi connectivity index (χ1) is 13.0. The number of nitrogens with zero attached hydrogens (tertiary/aromatic N) is 1. The fourth-order valence-corrected chi connectivity index (χ4v) is 2.50. The molecular weight excluding hydrogens is 405 g/mol. The van der Waals surface area contributed by atoms with Gasteiger partial charge < -0.3 is 14.8 Å². The average molecular weight is 424 g/mol. The van der Waals surface area contributed by atoms with Crippen molar-refractivity contribution in [2.75, 3.05) is 13.7 Å². The Morgan fingerprint density at radius 1 is 1.19 bits per heavy atom. The summed E-state index contributed by atoms with van der Waals surface area (Å²) >= 11 is 17.0. The fourth-order valence-electron chi connectivity index (χ4n) is 2.04. The summed E-state index contributed by atoms with van der Waals surface area (Å²) in [5, 5.41) is 8.41. The first-order valence-corrected chi connectivity index (χ1v) is 9.12. The summed E-state index contributed by atoms with van der Waals surface area (Å²) in [5.74, 6) is 1.20. The maximum Gasteiger partial charge on any atom is 0.187 e. The molecule has 0 aliphatic rings.